The van der Waals surface area contributed by atoms with Crippen LogP contribution in [0.1, 0.15) is 12.8 Å². The van der Waals surface area contributed by atoms with Gasteiger partial charge in [0, 0.05) is 31.1 Å². The van der Waals surface area contributed by atoms with E-state index in [9.17, 15) is 4.79 Å². The average Bonchev–Trinajstić information content (AvgIpc) is 3.11. The summed E-state index contributed by atoms with van der Waals surface area (Å²) in [4.78, 5) is 23.2. The second-order valence-electron chi connectivity index (χ2n) is 6.55. The molecule has 1 aromatic carbocycles. The number of fused-ring (bicyclic) bond motifs is 1. The Labute approximate surface area is 156 Å². The number of anilines is 1. The molecule has 1 unspecified atom stereocenters. The van der Waals surface area contributed by atoms with E-state index in [-0.39, 0.29) is 5.92 Å². The molecular formula is C18H23N3O2S2. The number of hydrogen-bond donors (Lipinski definition) is 0. The Balaban J connectivity index is 1.49. The van der Waals surface area contributed by atoms with Crippen LogP contribution in [0.25, 0.3) is 10.2 Å². The second kappa shape index (κ2) is 7.51. The van der Waals surface area contributed by atoms with Crippen LogP contribution in [-0.2, 0) is 9.53 Å². The lowest BCUT2D eigenvalue weighted by Gasteiger charge is -2.36. The first-order chi connectivity index (χ1) is 12.2. The first kappa shape index (κ1) is 17.1. The van der Waals surface area contributed by atoms with Crippen LogP contribution < -0.4 is 4.90 Å². The maximum absolute atomic E-state index is 12.8. The van der Waals surface area contributed by atoms with Gasteiger partial charge < -0.3 is 14.5 Å². The fourth-order valence-electron chi connectivity index (χ4n) is 3.55. The Morgan fingerprint density at radius 3 is 2.96 bits per heavy atom. The maximum Gasteiger partial charge on any atom is 0.227 e. The van der Waals surface area contributed by atoms with E-state index in [4.69, 9.17) is 9.72 Å². The third-order valence-electron chi connectivity index (χ3n) is 4.95. The lowest BCUT2D eigenvalue weighted by Crippen LogP contribution is -2.48. The molecule has 0 radical (unpaired) electrons. The number of nitrogens with zero attached hydrogens (tertiary/aromatic N) is 3. The van der Waals surface area contributed by atoms with Crippen molar-refractivity contribution in [1.82, 2.24) is 9.88 Å². The number of hydrogen-bond acceptors (Lipinski definition) is 6. The van der Waals surface area contributed by atoms with Crippen LogP contribution in [0.15, 0.2) is 23.1 Å². The average molecular weight is 378 g/mol. The van der Waals surface area contributed by atoms with Gasteiger partial charge in [-0.3, -0.25) is 4.79 Å². The number of ether oxygens (including phenoxy) is 1. The first-order valence-electron chi connectivity index (χ1n) is 8.80. The van der Waals surface area contributed by atoms with Gasteiger partial charge in [0.15, 0.2) is 5.13 Å². The van der Waals surface area contributed by atoms with E-state index in [1.807, 2.05) is 4.90 Å². The highest BCUT2D eigenvalue weighted by Crippen LogP contribution is 2.33. The number of morpholine rings is 1. The van der Waals surface area contributed by atoms with Crippen LogP contribution in [0.4, 0.5) is 5.13 Å². The summed E-state index contributed by atoms with van der Waals surface area (Å²) < 4.78 is 6.59. The van der Waals surface area contributed by atoms with Gasteiger partial charge in [-0.1, -0.05) is 11.3 Å². The Morgan fingerprint density at radius 2 is 2.16 bits per heavy atom. The molecule has 1 aromatic heterocycles. The van der Waals surface area contributed by atoms with E-state index in [0.29, 0.717) is 19.1 Å². The SMILES string of the molecule is CSc1ccc2nc(N3CCCC(C(=O)N4CCOCC4)C3)sc2c1. The van der Waals surface area contributed by atoms with Gasteiger partial charge in [-0.15, -0.1) is 11.8 Å². The molecule has 2 fully saturated rings. The fourth-order valence-corrected chi connectivity index (χ4v) is 5.10. The number of piperidine rings is 1. The number of carbonyl (C=O) groups excluding carboxylic acids is 1. The molecule has 2 aliphatic rings. The normalized spacial score (nSPS) is 21.7. The predicted molar refractivity (Wildman–Crippen MR) is 104 cm³/mol. The monoisotopic (exact) mass is 377 g/mol. The van der Waals surface area contributed by atoms with Crippen LogP contribution >= 0.6 is 23.1 Å². The van der Waals surface area contributed by atoms with Gasteiger partial charge in [-0.25, -0.2) is 4.98 Å². The zero-order valence-electron chi connectivity index (χ0n) is 14.4. The fraction of sp³-hybridized carbons (Fsp3) is 0.556. The standard InChI is InChI=1S/C18H23N3O2S2/c1-24-14-4-5-15-16(11-14)25-18(19-15)21-6-2-3-13(12-21)17(22)20-7-9-23-10-8-20/h4-5,11,13H,2-3,6-10,12H2,1H3. The summed E-state index contributed by atoms with van der Waals surface area (Å²) in [5.41, 5.74) is 1.06. The van der Waals surface area contributed by atoms with E-state index >= 15 is 0 Å². The van der Waals surface area contributed by atoms with E-state index in [2.05, 4.69) is 29.4 Å². The lowest BCUT2D eigenvalue weighted by molar-refractivity contribution is -0.139. The Morgan fingerprint density at radius 1 is 1.32 bits per heavy atom. The minimum Gasteiger partial charge on any atom is -0.378 e. The summed E-state index contributed by atoms with van der Waals surface area (Å²) in [6, 6.07) is 6.43. The van der Waals surface area contributed by atoms with E-state index in [1.165, 1.54) is 9.60 Å². The molecule has 4 rings (SSSR count). The molecule has 0 saturated carbocycles. The number of rotatable bonds is 3. The van der Waals surface area contributed by atoms with E-state index in [0.717, 1.165) is 49.7 Å². The molecule has 2 aliphatic heterocycles. The highest BCUT2D eigenvalue weighted by Gasteiger charge is 2.31. The van der Waals surface area contributed by atoms with Gasteiger partial charge >= 0.3 is 0 Å². The summed E-state index contributed by atoms with van der Waals surface area (Å²) in [5, 5.41) is 1.05. The molecule has 1 amide bonds. The van der Waals surface area contributed by atoms with Crippen molar-refractivity contribution < 1.29 is 9.53 Å². The number of carbonyl (C=O) groups is 1. The summed E-state index contributed by atoms with van der Waals surface area (Å²) in [5.74, 6) is 0.374. The molecule has 1 atom stereocenters. The highest BCUT2D eigenvalue weighted by molar-refractivity contribution is 7.98. The molecule has 134 valence electrons. The van der Waals surface area contributed by atoms with Crippen LogP contribution in [0.2, 0.25) is 0 Å². The predicted octanol–water partition coefficient (Wildman–Crippen LogP) is 3.09. The van der Waals surface area contributed by atoms with Crippen molar-refractivity contribution in [1.29, 1.82) is 0 Å². The summed E-state index contributed by atoms with van der Waals surface area (Å²) in [6.07, 6.45) is 4.12. The zero-order valence-corrected chi connectivity index (χ0v) is 16.1. The lowest BCUT2D eigenvalue weighted by atomic mass is 9.96. The van der Waals surface area contributed by atoms with Crippen LogP contribution in [0, 0.1) is 5.92 Å². The smallest absolute Gasteiger partial charge is 0.227 e. The highest BCUT2D eigenvalue weighted by atomic mass is 32.2. The summed E-state index contributed by atoms with van der Waals surface area (Å²) >= 11 is 3.49. The van der Waals surface area contributed by atoms with Crippen LogP contribution in [-0.4, -0.2) is 61.4 Å². The summed E-state index contributed by atoms with van der Waals surface area (Å²) in [7, 11) is 0. The number of aromatic nitrogens is 1. The molecule has 0 aliphatic carbocycles. The number of thiazole rings is 1. The Kier molecular flexibility index (Phi) is 5.15. The van der Waals surface area contributed by atoms with Crippen molar-refractivity contribution in [2.24, 2.45) is 5.92 Å². The molecule has 0 spiro atoms. The maximum atomic E-state index is 12.8. The molecule has 2 aromatic rings. The molecule has 5 nitrogen and oxygen atoms in total. The Hall–Kier alpha value is -1.31. The van der Waals surface area contributed by atoms with Crippen LogP contribution in [0.5, 0.6) is 0 Å². The molecule has 2 saturated heterocycles. The largest absolute Gasteiger partial charge is 0.378 e. The molecule has 3 heterocycles. The minimum absolute atomic E-state index is 0.0839. The van der Waals surface area contributed by atoms with Gasteiger partial charge in [-0.2, -0.15) is 0 Å². The topological polar surface area (TPSA) is 45.7 Å². The third kappa shape index (κ3) is 3.64. The second-order valence-corrected chi connectivity index (χ2v) is 8.44. The third-order valence-corrected chi connectivity index (χ3v) is 6.75. The zero-order chi connectivity index (χ0) is 17.2. The quantitative estimate of drug-likeness (QED) is 0.769. The number of thioether (sulfide) groups is 1. The molecule has 0 bridgehead atoms. The van der Waals surface area contributed by atoms with Crippen LogP contribution in [0.3, 0.4) is 0 Å². The van der Waals surface area contributed by atoms with E-state index in [1.54, 1.807) is 23.1 Å². The van der Waals surface area contributed by atoms with Gasteiger partial charge in [0.25, 0.3) is 0 Å². The van der Waals surface area contributed by atoms with Gasteiger partial charge in [0.05, 0.1) is 29.3 Å². The molecular weight excluding hydrogens is 354 g/mol. The van der Waals surface area contributed by atoms with Crippen molar-refractivity contribution >= 4 is 44.4 Å². The van der Waals surface area contributed by atoms with Gasteiger partial charge in [0.2, 0.25) is 5.91 Å². The van der Waals surface area contributed by atoms with Crippen molar-refractivity contribution in [3.05, 3.63) is 18.2 Å². The number of benzene rings is 1. The van der Waals surface area contributed by atoms with Crippen molar-refractivity contribution in [2.45, 2.75) is 17.7 Å². The van der Waals surface area contributed by atoms with Gasteiger partial charge in [-0.05, 0) is 37.3 Å². The number of amides is 1. The van der Waals surface area contributed by atoms with Crippen molar-refractivity contribution in [2.75, 3.05) is 50.5 Å². The van der Waals surface area contributed by atoms with Crippen molar-refractivity contribution in [3.8, 4) is 0 Å². The minimum atomic E-state index is 0.0839. The summed E-state index contributed by atoms with van der Waals surface area (Å²) in [6.45, 7) is 4.56. The first-order valence-corrected chi connectivity index (χ1v) is 10.8. The molecule has 7 heteroatoms. The van der Waals surface area contributed by atoms with E-state index < -0.39 is 0 Å². The van der Waals surface area contributed by atoms with Gasteiger partial charge in [0.1, 0.15) is 0 Å². The van der Waals surface area contributed by atoms with Crippen molar-refractivity contribution in [3.63, 3.8) is 0 Å². The molecule has 25 heavy (non-hydrogen) atoms. The Bertz CT molecular complexity index is 758. The molecule has 0 N–H and O–H groups in total.